The number of piperidine rings is 1. The van der Waals surface area contributed by atoms with E-state index in [1.54, 1.807) is 7.05 Å². The first-order valence-corrected chi connectivity index (χ1v) is 8.38. The van der Waals surface area contributed by atoms with Crippen LogP contribution in [0.25, 0.3) is 0 Å². The van der Waals surface area contributed by atoms with E-state index in [1.165, 1.54) is 7.11 Å². The van der Waals surface area contributed by atoms with Crippen LogP contribution in [0.3, 0.4) is 0 Å². The molecule has 2 fully saturated rings. The molecule has 1 aliphatic carbocycles. The maximum Gasteiger partial charge on any atom is 0.328 e. The molecule has 0 aromatic carbocycles. The van der Waals surface area contributed by atoms with Crippen molar-refractivity contribution in [1.29, 1.82) is 0 Å². The Balaban J connectivity index is 1.94. The smallest absolute Gasteiger partial charge is 0.328 e. The molecular formula is C16H27N3O4. The third-order valence-electron chi connectivity index (χ3n) is 4.65. The minimum atomic E-state index is -0.781. The monoisotopic (exact) mass is 325 g/mol. The fraction of sp³-hybridized carbons (Fsp3) is 0.812. The van der Waals surface area contributed by atoms with Crippen molar-refractivity contribution in [2.45, 2.75) is 50.6 Å². The van der Waals surface area contributed by atoms with Gasteiger partial charge in [0.05, 0.1) is 13.2 Å². The van der Waals surface area contributed by atoms with Crippen LogP contribution in [-0.4, -0.2) is 50.6 Å². The normalized spacial score (nSPS) is 23.6. The highest BCUT2D eigenvalue weighted by Crippen LogP contribution is 2.33. The minimum absolute atomic E-state index is 0.0532. The van der Waals surface area contributed by atoms with Crippen molar-refractivity contribution in [3.8, 4) is 0 Å². The second-order valence-corrected chi connectivity index (χ2v) is 6.47. The van der Waals surface area contributed by atoms with Crippen LogP contribution in [0.15, 0.2) is 0 Å². The Hall–Kier alpha value is -1.63. The quantitative estimate of drug-likeness (QED) is 0.544. The van der Waals surface area contributed by atoms with Crippen LogP contribution in [0.1, 0.15) is 38.5 Å². The Bertz CT molecular complexity index is 451. The Labute approximate surface area is 136 Å². The average molecular weight is 325 g/mol. The zero-order valence-electron chi connectivity index (χ0n) is 13.9. The van der Waals surface area contributed by atoms with Crippen molar-refractivity contribution in [2.75, 3.05) is 20.7 Å². The molecule has 2 amide bonds. The van der Waals surface area contributed by atoms with Gasteiger partial charge in [-0.1, -0.05) is 12.8 Å². The predicted molar refractivity (Wildman–Crippen MR) is 84.5 cm³/mol. The summed E-state index contributed by atoms with van der Waals surface area (Å²) in [5.74, 6) is -0.421. The van der Waals surface area contributed by atoms with E-state index in [2.05, 4.69) is 16.0 Å². The number of hydrogen-bond acceptors (Lipinski definition) is 5. The van der Waals surface area contributed by atoms with Crippen LogP contribution in [0.4, 0.5) is 0 Å². The van der Waals surface area contributed by atoms with E-state index in [1.807, 2.05) is 0 Å². The zero-order chi connectivity index (χ0) is 16.8. The van der Waals surface area contributed by atoms with Gasteiger partial charge in [-0.2, -0.15) is 0 Å². The van der Waals surface area contributed by atoms with Gasteiger partial charge in [-0.3, -0.25) is 9.59 Å². The van der Waals surface area contributed by atoms with E-state index >= 15 is 0 Å². The average Bonchev–Trinajstić information content (AvgIpc) is 3.37. The second-order valence-electron chi connectivity index (χ2n) is 6.47. The molecule has 1 saturated carbocycles. The first kappa shape index (κ1) is 17.7. The number of ether oxygens (including phenoxy) is 1. The van der Waals surface area contributed by atoms with Gasteiger partial charge in [-0.05, 0) is 38.6 Å². The lowest BCUT2D eigenvalue weighted by atomic mass is 9.91. The largest absolute Gasteiger partial charge is 0.467 e. The van der Waals surface area contributed by atoms with Gasteiger partial charge in [0.15, 0.2) is 0 Å². The van der Waals surface area contributed by atoms with Gasteiger partial charge < -0.3 is 20.7 Å². The fourth-order valence-electron chi connectivity index (χ4n) is 3.02. The van der Waals surface area contributed by atoms with Crippen LogP contribution < -0.4 is 16.0 Å². The summed E-state index contributed by atoms with van der Waals surface area (Å²) in [4.78, 5) is 36.3. The highest BCUT2D eigenvalue weighted by Gasteiger charge is 2.33. The third kappa shape index (κ3) is 5.20. The van der Waals surface area contributed by atoms with E-state index in [4.69, 9.17) is 4.74 Å². The maximum absolute atomic E-state index is 12.4. The molecule has 0 aromatic heterocycles. The molecule has 7 heteroatoms. The molecule has 1 heterocycles. The van der Waals surface area contributed by atoms with Crippen LogP contribution >= 0.6 is 0 Å². The molecule has 23 heavy (non-hydrogen) atoms. The van der Waals surface area contributed by atoms with Crippen LogP contribution in [0.2, 0.25) is 0 Å². The van der Waals surface area contributed by atoms with E-state index in [9.17, 15) is 14.4 Å². The zero-order valence-corrected chi connectivity index (χ0v) is 13.9. The summed E-state index contributed by atoms with van der Waals surface area (Å²) in [6, 6.07) is -1.09. The molecular weight excluding hydrogens is 298 g/mol. The van der Waals surface area contributed by atoms with E-state index in [-0.39, 0.29) is 30.2 Å². The number of nitrogens with one attached hydrogen (secondary N) is 3. The molecule has 0 radical (unpaired) electrons. The highest BCUT2D eigenvalue weighted by atomic mass is 16.5. The summed E-state index contributed by atoms with van der Waals surface area (Å²) >= 11 is 0. The number of carbonyl (C=O) groups is 3. The van der Waals surface area contributed by atoms with Gasteiger partial charge in [0.25, 0.3) is 0 Å². The summed E-state index contributed by atoms with van der Waals surface area (Å²) in [5, 5.41) is 8.57. The standard InChI is InChI=1S/C16H27N3O4/c1-17-12(8-10-5-6-10)15(21)19-13(16(22)23-2)9-11-4-3-7-18-14(11)20/h10-13,17H,3-9H2,1-2H3,(H,18,20)(H,19,21)/t11-,12-,13-/m0/s1. The number of rotatable bonds is 8. The molecule has 1 aliphatic heterocycles. The number of carbonyl (C=O) groups excluding carboxylic acids is 3. The summed E-state index contributed by atoms with van der Waals surface area (Å²) in [7, 11) is 3.04. The molecule has 3 N–H and O–H groups in total. The summed E-state index contributed by atoms with van der Waals surface area (Å²) in [5.41, 5.74) is 0. The maximum atomic E-state index is 12.4. The Morgan fingerprint density at radius 1 is 1.26 bits per heavy atom. The van der Waals surface area contributed by atoms with Crippen molar-refractivity contribution in [2.24, 2.45) is 11.8 Å². The molecule has 1 saturated heterocycles. The van der Waals surface area contributed by atoms with E-state index < -0.39 is 12.0 Å². The molecule has 0 aromatic rings. The Kier molecular flexibility index (Phi) is 6.38. The van der Waals surface area contributed by atoms with Crippen molar-refractivity contribution in [3.05, 3.63) is 0 Å². The fourth-order valence-corrected chi connectivity index (χ4v) is 3.02. The summed E-state index contributed by atoms with van der Waals surface area (Å²) in [6.07, 6.45) is 5.00. The molecule has 7 nitrogen and oxygen atoms in total. The SMILES string of the molecule is CN[C@@H](CC1CC1)C(=O)N[C@@H](C[C@@H]1CCCNC1=O)C(=O)OC. The van der Waals surface area contributed by atoms with Crippen molar-refractivity contribution in [3.63, 3.8) is 0 Å². The lowest BCUT2D eigenvalue weighted by molar-refractivity contribution is -0.146. The van der Waals surface area contributed by atoms with Crippen molar-refractivity contribution >= 4 is 17.8 Å². The predicted octanol–water partition coefficient (Wildman–Crippen LogP) is -0.0514. The summed E-state index contributed by atoms with van der Waals surface area (Å²) < 4.78 is 4.79. The third-order valence-corrected chi connectivity index (χ3v) is 4.65. The van der Waals surface area contributed by atoms with Crippen molar-refractivity contribution < 1.29 is 19.1 Å². The molecule has 0 spiro atoms. The van der Waals surface area contributed by atoms with Gasteiger partial charge in [0.1, 0.15) is 6.04 Å². The van der Waals surface area contributed by atoms with Gasteiger partial charge in [-0.15, -0.1) is 0 Å². The first-order valence-electron chi connectivity index (χ1n) is 8.38. The number of methoxy groups -OCH3 is 1. The number of amides is 2. The van der Waals surface area contributed by atoms with Crippen molar-refractivity contribution in [1.82, 2.24) is 16.0 Å². The molecule has 130 valence electrons. The number of esters is 1. The van der Waals surface area contributed by atoms with Gasteiger partial charge >= 0.3 is 5.97 Å². The topological polar surface area (TPSA) is 96.5 Å². The number of likely N-dealkylation sites (N-methyl/N-ethyl adjacent to an activating group) is 1. The van der Waals surface area contributed by atoms with E-state index in [0.29, 0.717) is 12.5 Å². The number of hydrogen-bond donors (Lipinski definition) is 3. The second kappa shape index (κ2) is 8.29. The summed E-state index contributed by atoms with van der Waals surface area (Å²) in [6.45, 7) is 0.674. The van der Waals surface area contributed by atoms with Crippen LogP contribution in [0.5, 0.6) is 0 Å². The Morgan fingerprint density at radius 3 is 2.57 bits per heavy atom. The highest BCUT2D eigenvalue weighted by molar-refractivity contribution is 5.88. The van der Waals surface area contributed by atoms with Gasteiger partial charge in [0, 0.05) is 12.5 Å². The molecule has 0 bridgehead atoms. The molecule has 3 atom stereocenters. The lowest BCUT2D eigenvalue weighted by Gasteiger charge is -2.26. The minimum Gasteiger partial charge on any atom is -0.467 e. The molecule has 0 unspecified atom stereocenters. The first-order chi connectivity index (χ1) is 11.0. The lowest BCUT2D eigenvalue weighted by Crippen LogP contribution is -2.51. The molecule has 2 rings (SSSR count). The van der Waals surface area contributed by atoms with E-state index in [0.717, 1.165) is 32.1 Å². The van der Waals surface area contributed by atoms with Crippen LogP contribution in [-0.2, 0) is 19.1 Å². The van der Waals surface area contributed by atoms with Gasteiger partial charge in [0.2, 0.25) is 11.8 Å². The van der Waals surface area contributed by atoms with Crippen LogP contribution in [0, 0.1) is 11.8 Å². The molecule has 2 aliphatic rings. The Morgan fingerprint density at radius 2 is 2.00 bits per heavy atom. The van der Waals surface area contributed by atoms with Gasteiger partial charge in [-0.25, -0.2) is 4.79 Å².